The summed E-state index contributed by atoms with van der Waals surface area (Å²) < 4.78 is 26.6. The molecule has 1 heterocycles. The fraction of sp³-hybridized carbons (Fsp3) is 0.158. The predicted octanol–water partition coefficient (Wildman–Crippen LogP) is 3.76. The van der Waals surface area contributed by atoms with E-state index in [1.807, 2.05) is 30.3 Å². The third kappa shape index (κ3) is 3.50. The molecule has 1 aliphatic rings. The van der Waals surface area contributed by atoms with Crippen molar-refractivity contribution in [2.75, 3.05) is 16.8 Å². The molecule has 126 valence electrons. The van der Waals surface area contributed by atoms with Gasteiger partial charge < -0.3 is 10.2 Å². The molecule has 0 saturated carbocycles. The summed E-state index contributed by atoms with van der Waals surface area (Å²) in [6.45, 7) is 0.514. The highest BCUT2D eigenvalue weighted by molar-refractivity contribution is 6.09. The zero-order chi connectivity index (χ0) is 17.8. The molecule has 2 aromatic carbocycles. The van der Waals surface area contributed by atoms with Crippen molar-refractivity contribution in [2.24, 2.45) is 0 Å². The third-order valence-electron chi connectivity index (χ3n) is 4.01. The molecule has 1 N–H and O–H groups in total. The van der Waals surface area contributed by atoms with Crippen LogP contribution in [0, 0.1) is 23.0 Å². The summed E-state index contributed by atoms with van der Waals surface area (Å²) in [6, 6.07) is 12.4. The minimum Gasteiger partial charge on any atom is -0.358 e. The zero-order valence-corrected chi connectivity index (χ0v) is 13.3. The molecule has 0 unspecified atom stereocenters. The van der Waals surface area contributed by atoms with Crippen molar-refractivity contribution in [2.45, 2.75) is 12.8 Å². The first-order chi connectivity index (χ1) is 12.1. The average Bonchev–Trinajstić information content (AvgIpc) is 2.63. The van der Waals surface area contributed by atoms with Crippen molar-refractivity contribution in [1.29, 1.82) is 5.26 Å². The van der Waals surface area contributed by atoms with E-state index in [9.17, 15) is 18.8 Å². The SMILES string of the molecule is N#C/C(=C/Nc1ccc(F)cc1F)C(=O)N1CCCc2ccccc21. The average molecular weight is 339 g/mol. The van der Waals surface area contributed by atoms with Crippen LogP contribution in [-0.2, 0) is 11.2 Å². The molecular weight excluding hydrogens is 324 g/mol. The number of amides is 1. The highest BCUT2D eigenvalue weighted by Crippen LogP contribution is 2.28. The first-order valence-corrected chi connectivity index (χ1v) is 7.82. The summed E-state index contributed by atoms with van der Waals surface area (Å²) in [5.74, 6) is -1.96. The molecule has 0 aromatic heterocycles. The number of rotatable bonds is 3. The van der Waals surface area contributed by atoms with Crippen LogP contribution in [-0.4, -0.2) is 12.5 Å². The molecule has 3 rings (SSSR count). The second-order valence-corrected chi connectivity index (χ2v) is 5.63. The van der Waals surface area contributed by atoms with Gasteiger partial charge in [-0.05, 0) is 36.6 Å². The maximum Gasteiger partial charge on any atom is 0.270 e. The van der Waals surface area contributed by atoms with E-state index in [1.54, 1.807) is 4.90 Å². The molecule has 0 radical (unpaired) electrons. The minimum atomic E-state index is -0.802. The molecule has 0 spiro atoms. The molecule has 0 aliphatic carbocycles. The predicted molar refractivity (Wildman–Crippen MR) is 90.8 cm³/mol. The van der Waals surface area contributed by atoms with E-state index in [0.717, 1.165) is 42.4 Å². The lowest BCUT2D eigenvalue weighted by atomic mass is 10.0. The van der Waals surface area contributed by atoms with Crippen LogP contribution < -0.4 is 10.2 Å². The van der Waals surface area contributed by atoms with E-state index >= 15 is 0 Å². The number of fused-ring (bicyclic) bond motifs is 1. The number of aryl methyl sites for hydroxylation is 1. The molecule has 4 nitrogen and oxygen atoms in total. The zero-order valence-electron chi connectivity index (χ0n) is 13.3. The van der Waals surface area contributed by atoms with Crippen LogP contribution in [0.25, 0.3) is 0 Å². The van der Waals surface area contributed by atoms with Gasteiger partial charge in [0.25, 0.3) is 5.91 Å². The van der Waals surface area contributed by atoms with Crippen LogP contribution in [0.15, 0.2) is 54.2 Å². The largest absolute Gasteiger partial charge is 0.358 e. The minimum absolute atomic E-state index is 0.0130. The number of nitriles is 1. The lowest BCUT2D eigenvalue weighted by Gasteiger charge is -2.29. The number of para-hydroxylation sites is 1. The second-order valence-electron chi connectivity index (χ2n) is 5.63. The van der Waals surface area contributed by atoms with Crippen LogP contribution in [0.3, 0.4) is 0 Å². The van der Waals surface area contributed by atoms with E-state index in [-0.39, 0.29) is 11.3 Å². The molecule has 0 atom stereocenters. The van der Waals surface area contributed by atoms with E-state index in [2.05, 4.69) is 5.32 Å². The van der Waals surface area contributed by atoms with Crippen LogP contribution in [0.4, 0.5) is 20.2 Å². The number of hydrogen-bond donors (Lipinski definition) is 1. The summed E-state index contributed by atoms with van der Waals surface area (Å²) in [5.41, 5.74) is 1.67. The van der Waals surface area contributed by atoms with Gasteiger partial charge in [0.1, 0.15) is 23.3 Å². The third-order valence-corrected chi connectivity index (χ3v) is 4.01. The van der Waals surface area contributed by atoms with Crippen molar-refractivity contribution in [3.63, 3.8) is 0 Å². The lowest BCUT2D eigenvalue weighted by Crippen LogP contribution is -2.36. The van der Waals surface area contributed by atoms with Crippen LogP contribution in [0.1, 0.15) is 12.0 Å². The summed E-state index contributed by atoms with van der Waals surface area (Å²) in [4.78, 5) is 14.2. The monoisotopic (exact) mass is 339 g/mol. The molecule has 0 fully saturated rings. The normalized spacial score (nSPS) is 13.8. The van der Waals surface area contributed by atoms with Gasteiger partial charge in [-0.3, -0.25) is 4.79 Å². The van der Waals surface area contributed by atoms with E-state index in [1.165, 1.54) is 6.07 Å². The van der Waals surface area contributed by atoms with Crippen molar-refractivity contribution < 1.29 is 13.6 Å². The summed E-state index contributed by atoms with van der Waals surface area (Å²) >= 11 is 0. The Labute approximate surface area is 144 Å². The number of benzene rings is 2. The van der Waals surface area contributed by atoms with Crippen molar-refractivity contribution in [3.8, 4) is 6.07 Å². The van der Waals surface area contributed by atoms with Gasteiger partial charge in [0.15, 0.2) is 0 Å². The number of anilines is 2. The van der Waals surface area contributed by atoms with Crippen LogP contribution >= 0.6 is 0 Å². The molecule has 0 saturated heterocycles. The Bertz CT molecular complexity index is 886. The van der Waals surface area contributed by atoms with Gasteiger partial charge in [0, 0.05) is 24.5 Å². The Morgan fingerprint density at radius 1 is 1.24 bits per heavy atom. The van der Waals surface area contributed by atoms with Gasteiger partial charge in [-0.15, -0.1) is 0 Å². The number of carbonyl (C=O) groups excluding carboxylic acids is 1. The van der Waals surface area contributed by atoms with Crippen LogP contribution in [0.2, 0.25) is 0 Å². The van der Waals surface area contributed by atoms with Gasteiger partial charge in [-0.25, -0.2) is 8.78 Å². The number of hydrogen-bond acceptors (Lipinski definition) is 3. The van der Waals surface area contributed by atoms with Gasteiger partial charge in [0.2, 0.25) is 0 Å². The lowest BCUT2D eigenvalue weighted by molar-refractivity contribution is -0.114. The molecule has 25 heavy (non-hydrogen) atoms. The van der Waals surface area contributed by atoms with E-state index in [4.69, 9.17) is 0 Å². The molecular formula is C19H15F2N3O. The maximum absolute atomic E-state index is 13.6. The molecule has 2 aromatic rings. The quantitative estimate of drug-likeness (QED) is 0.684. The Balaban J connectivity index is 1.84. The molecule has 6 heteroatoms. The van der Waals surface area contributed by atoms with E-state index in [0.29, 0.717) is 6.54 Å². The number of carbonyl (C=O) groups is 1. The highest BCUT2D eigenvalue weighted by atomic mass is 19.1. The fourth-order valence-corrected chi connectivity index (χ4v) is 2.79. The Morgan fingerprint density at radius 3 is 2.80 bits per heavy atom. The summed E-state index contributed by atoms with van der Waals surface area (Å²) in [5, 5.41) is 11.9. The van der Waals surface area contributed by atoms with Gasteiger partial charge in [0.05, 0.1) is 5.69 Å². The number of nitrogens with one attached hydrogen (secondary N) is 1. The summed E-state index contributed by atoms with van der Waals surface area (Å²) in [6.07, 6.45) is 2.84. The first kappa shape index (κ1) is 16.7. The molecule has 1 amide bonds. The topological polar surface area (TPSA) is 56.1 Å². The second kappa shape index (κ2) is 7.14. The standard InChI is InChI=1S/C19H15F2N3O/c20-15-7-8-17(16(21)10-15)23-12-14(11-22)19(25)24-9-3-5-13-4-1-2-6-18(13)24/h1-2,4,6-8,10,12,23H,3,5,9H2/b14-12-. The first-order valence-electron chi connectivity index (χ1n) is 7.82. The van der Waals surface area contributed by atoms with Crippen molar-refractivity contribution in [3.05, 3.63) is 71.4 Å². The van der Waals surface area contributed by atoms with Gasteiger partial charge >= 0.3 is 0 Å². The van der Waals surface area contributed by atoms with Gasteiger partial charge in [-0.2, -0.15) is 5.26 Å². The highest BCUT2D eigenvalue weighted by Gasteiger charge is 2.24. The van der Waals surface area contributed by atoms with E-state index < -0.39 is 17.5 Å². The van der Waals surface area contributed by atoms with Crippen molar-refractivity contribution in [1.82, 2.24) is 0 Å². The van der Waals surface area contributed by atoms with Gasteiger partial charge in [-0.1, -0.05) is 18.2 Å². The number of nitrogens with zero attached hydrogens (tertiary/aromatic N) is 2. The Kier molecular flexibility index (Phi) is 4.75. The fourth-order valence-electron chi connectivity index (χ4n) is 2.79. The Morgan fingerprint density at radius 2 is 2.04 bits per heavy atom. The maximum atomic E-state index is 13.6. The number of halogens is 2. The smallest absolute Gasteiger partial charge is 0.270 e. The van der Waals surface area contributed by atoms with Crippen LogP contribution in [0.5, 0.6) is 0 Å². The summed E-state index contributed by atoms with van der Waals surface area (Å²) in [7, 11) is 0. The molecule has 0 bridgehead atoms. The Hall–Kier alpha value is -3.20. The molecule has 1 aliphatic heterocycles. The van der Waals surface area contributed by atoms with Crippen molar-refractivity contribution >= 4 is 17.3 Å².